The third-order valence-electron chi connectivity index (χ3n) is 4.21. The van der Waals surface area contributed by atoms with Crippen LogP contribution in [0.1, 0.15) is 33.3 Å². The normalized spacial score (nSPS) is 24.3. The molecule has 0 saturated carbocycles. The van der Waals surface area contributed by atoms with Crippen LogP contribution in [-0.4, -0.2) is 61.0 Å². The zero-order valence-corrected chi connectivity index (χ0v) is 20.1. The van der Waals surface area contributed by atoms with Gasteiger partial charge in [-0.05, 0) is 34.7 Å². The smallest absolute Gasteiger partial charge is 0.303 e. The monoisotopic (exact) mass is 558 g/mol. The van der Waals surface area contributed by atoms with Gasteiger partial charge in [-0.2, -0.15) is 0 Å². The molecule has 1 aromatic carbocycles. The fourth-order valence-electron chi connectivity index (χ4n) is 3.06. The first-order valence-corrected chi connectivity index (χ1v) is 10.7. The second-order valence-electron chi connectivity index (χ2n) is 6.87. The highest BCUT2D eigenvalue weighted by molar-refractivity contribution is 14.1. The van der Waals surface area contributed by atoms with Gasteiger partial charge in [0, 0.05) is 36.8 Å². The number of rotatable bonds is 5. The Balaban J connectivity index is 2.50. The molecule has 172 valence electrons. The minimum Gasteiger partial charge on any atom is -0.463 e. The van der Waals surface area contributed by atoms with Gasteiger partial charge in [-0.25, -0.2) is 0 Å². The lowest BCUT2D eigenvalue weighted by atomic mass is 9.94. The van der Waals surface area contributed by atoms with Gasteiger partial charge in [0.15, 0.2) is 24.4 Å². The van der Waals surface area contributed by atoms with Crippen molar-refractivity contribution in [1.82, 2.24) is 0 Å². The van der Waals surface area contributed by atoms with Gasteiger partial charge in [-0.1, -0.05) is 24.0 Å². The topological polar surface area (TPSA) is 114 Å². The zero-order valence-electron chi connectivity index (χ0n) is 18.0. The number of benzene rings is 1. The summed E-state index contributed by atoms with van der Waals surface area (Å²) in [4.78, 5) is 46.7. The van der Waals surface area contributed by atoms with E-state index in [0.29, 0.717) is 5.56 Å². The van der Waals surface area contributed by atoms with Gasteiger partial charge < -0.3 is 23.7 Å². The van der Waals surface area contributed by atoms with Crippen LogP contribution >= 0.6 is 22.6 Å². The number of ether oxygens (including phenoxy) is 5. The minimum atomic E-state index is -1.23. The first-order valence-electron chi connectivity index (χ1n) is 9.65. The summed E-state index contributed by atoms with van der Waals surface area (Å²) in [7, 11) is 0. The van der Waals surface area contributed by atoms with Crippen molar-refractivity contribution in [3.63, 3.8) is 0 Å². The molecule has 1 heterocycles. The van der Waals surface area contributed by atoms with E-state index >= 15 is 0 Å². The molecule has 32 heavy (non-hydrogen) atoms. The maximum absolute atomic E-state index is 11.8. The maximum Gasteiger partial charge on any atom is 0.303 e. The molecule has 0 N–H and O–H groups in total. The molecule has 10 heteroatoms. The van der Waals surface area contributed by atoms with Crippen LogP contribution in [0.3, 0.4) is 0 Å². The molecule has 1 aliphatic heterocycles. The molecule has 9 nitrogen and oxygen atoms in total. The van der Waals surface area contributed by atoms with Crippen molar-refractivity contribution in [2.24, 2.45) is 0 Å². The molecule has 0 amide bonds. The Kier molecular flexibility index (Phi) is 9.46. The average Bonchev–Trinajstić information content (AvgIpc) is 2.68. The van der Waals surface area contributed by atoms with Crippen molar-refractivity contribution in [2.75, 3.05) is 6.61 Å². The molecule has 0 aliphatic carbocycles. The second kappa shape index (κ2) is 11.8. The Morgan fingerprint density at radius 1 is 0.875 bits per heavy atom. The van der Waals surface area contributed by atoms with E-state index in [1.54, 1.807) is 6.07 Å². The fraction of sp³-hybridized carbons (Fsp3) is 0.455. The largest absolute Gasteiger partial charge is 0.463 e. The van der Waals surface area contributed by atoms with Crippen LogP contribution < -0.4 is 0 Å². The SMILES string of the molecule is CC(=O)OC[C@H]1O[C@@H](C#Cc2ccccc2I)[C@H](OC(C)=O)[C@@H](OC(C)=O)[C@@H]1OC(C)=O. The van der Waals surface area contributed by atoms with Gasteiger partial charge in [-0.3, -0.25) is 19.2 Å². The van der Waals surface area contributed by atoms with Gasteiger partial charge >= 0.3 is 23.9 Å². The van der Waals surface area contributed by atoms with Crippen molar-refractivity contribution in [2.45, 2.75) is 58.2 Å². The Morgan fingerprint density at radius 2 is 1.44 bits per heavy atom. The van der Waals surface area contributed by atoms with Crippen LogP contribution in [0.15, 0.2) is 24.3 Å². The predicted molar refractivity (Wildman–Crippen MR) is 118 cm³/mol. The summed E-state index contributed by atoms with van der Waals surface area (Å²) >= 11 is 2.13. The van der Waals surface area contributed by atoms with Gasteiger partial charge in [0.2, 0.25) is 0 Å². The molecule has 5 atom stereocenters. The van der Waals surface area contributed by atoms with Crippen molar-refractivity contribution >= 4 is 46.5 Å². The summed E-state index contributed by atoms with van der Waals surface area (Å²) in [6.45, 7) is 4.43. The van der Waals surface area contributed by atoms with Crippen LogP contribution in [0.4, 0.5) is 0 Å². The highest BCUT2D eigenvalue weighted by Crippen LogP contribution is 2.29. The van der Waals surface area contributed by atoms with E-state index in [2.05, 4.69) is 34.4 Å². The van der Waals surface area contributed by atoms with Gasteiger partial charge in [0.25, 0.3) is 0 Å². The lowest BCUT2D eigenvalue weighted by Gasteiger charge is -2.42. The van der Waals surface area contributed by atoms with Crippen molar-refractivity contribution in [3.8, 4) is 11.8 Å². The van der Waals surface area contributed by atoms with Crippen molar-refractivity contribution in [1.29, 1.82) is 0 Å². The van der Waals surface area contributed by atoms with Gasteiger partial charge in [0.1, 0.15) is 12.7 Å². The van der Waals surface area contributed by atoms with E-state index in [1.165, 1.54) is 20.8 Å². The van der Waals surface area contributed by atoms with Crippen LogP contribution in [0.5, 0.6) is 0 Å². The second-order valence-corrected chi connectivity index (χ2v) is 8.03. The molecular weight excluding hydrogens is 535 g/mol. The summed E-state index contributed by atoms with van der Waals surface area (Å²) in [5, 5.41) is 0. The maximum atomic E-state index is 11.8. The number of carbonyl (C=O) groups is 4. The van der Waals surface area contributed by atoms with Crippen molar-refractivity contribution in [3.05, 3.63) is 33.4 Å². The molecule has 0 radical (unpaired) electrons. The summed E-state index contributed by atoms with van der Waals surface area (Å²) < 4.78 is 27.9. The molecule has 0 unspecified atom stereocenters. The molecule has 0 bridgehead atoms. The first kappa shape index (κ1) is 25.6. The molecule has 1 saturated heterocycles. The standard InChI is InChI=1S/C22H23IO9/c1-12(24)28-11-19-21(30-14(3)26)22(31-15(4)27)20(29-13(2)25)18(32-19)10-9-16-7-5-6-8-17(16)23/h5-8,18-22H,11H2,1-4H3/t18-,19+,20-,21+,22+/m0/s1. The molecule has 1 aliphatic rings. The van der Waals surface area contributed by atoms with E-state index < -0.39 is 54.4 Å². The molecular formula is C22H23IO9. The van der Waals surface area contributed by atoms with E-state index in [4.69, 9.17) is 23.7 Å². The Hall–Kier alpha value is -2.65. The lowest BCUT2D eigenvalue weighted by Crippen LogP contribution is -2.62. The lowest BCUT2D eigenvalue weighted by molar-refractivity contribution is -0.242. The summed E-state index contributed by atoms with van der Waals surface area (Å²) in [6.07, 6.45) is -5.71. The average molecular weight is 558 g/mol. The number of hydrogen-bond acceptors (Lipinski definition) is 9. The number of esters is 4. The Bertz CT molecular complexity index is 933. The summed E-state index contributed by atoms with van der Waals surface area (Å²) in [6, 6.07) is 7.36. The number of carbonyl (C=O) groups excluding carboxylic acids is 4. The van der Waals surface area contributed by atoms with E-state index in [0.717, 1.165) is 10.5 Å². The highest BCUT2D eigenvalue weighted by Gasteiger charge is 2.51. The van der Waals surface area contributed by atoms with Gasteiger partial charge in [0.05, 0.1) is 0 Å². The Labute approximate surface area is 199 Å². The van der Waals surface area contributed by atoms with E-state index in [9.17, 15) is 19.2 Å². The predicted octanol–water partition coefficient (Wildman–Crippen LogP) is 1.77. The zero-order chi connectivity index (χ0) is 23.8. The van der Waals surface area contributed by atoms with Crippen molar-refractivity contribution < 1.29 is 42.9 Å². The molecule has 0 spiro atoms. The third kappa shape index (κ3) is 7.49. The Morgan fingerprint density at radius 3 is 2.00 bits per heavy atom. The number of halogens is 1. The molecule has 1 aromatic rings. The van der Waals surface area contributed by atoms with Crippen LogP contribution in [0.2, 0.25) is 0 Å². The number of hydrogen-bond donors (Lipinski definition) is 0. The summed E-state index contributed by atoms with van der Waals surface area (Å²) in [5.41, 5.74) is 0.709. The van der Waals surface area contributed by atoms with Gasteiger partial charge in [-0.15, -0.1) is 0 Å². The highest BCUT2D eigenvalue weighted by atomic mass is 127. The molecule has 2 rings (SSSR count). The molecule has 1 fully saturated rings. The minimum absolute atomic E-state index is 0.293. The van der Waals surface area contributed by atoms with E-state index in [-0.39, 0.29) is 6.61 Å². The van der Waals surface area contributed by atoms with E-state index in [1.807, 2.05) is 18.2 Å². The summed E-state index contributed by atoms with van der Waals surface area (Å²) in [5.74, 6) is 3.24. The van der Waals surface area contributed by atoms with Crippen LogP contribution in [0, 0.1) is 15.4 Å². The van der Waals surface area contributed by atoms with Crippen LogP contribution in [0.25, 0.3) is 0 Å². The quantitative estimate of drug-likeness (QED) is 0.231. The fourth-order valence-corrected chi connectivity index (χ4v) is 3.58. The van der Waals surface area contributed by atoms with Crippen LogP contribution in [-0.2, 0) is 42.9 Å². The molecule has 0 aromatic heterocycles. The third-order valence-corrected chi connectivity index (χ3v) is 5.15. The first-order chi connectivity index (χ1) is 15.1.